The second kappa shape index (κ2) is 10.1. The maximum Gasteiger partial charge on any atom is 0.254 e. The monoisotopic (exact) mass is 494 g/mol. The highest BCUT2D eigenvalue weighted by Crippen LogP contribution is 2.33. The maximum atomic E-state index is 13.9. The van der Waals surface area contributed by atoms with E-state index in [9.17, 15) is 13.6 Å². The average molecular weight is 495 g/mol. The van der Waals surface area contributed by atoms with Gasteiger partial charge in [0.25, 0.3) is 5.91 Å². The third kappa shape index (κ3) is 4.96. The van der Waals surface area contributed by atoms with Gasteiger partial charge in [-0.1, -0.05) is 13.0 Å². The number of ether oxygens (including phenoxy) is 2. The van der Waals surface area contributed by atoms with Gasteiger partial charge in [-0.25, -0.2) is 13.8 Å². The van der Waals surface area contributed by atoms with E-state index in [1.807, 2.05) is 0 Å². The van der Waals surface area contributed by atoms with Crippen LogP contribution in [0.3, 0.4) is 0 Å². The molecule has 0 N–H and O–H groups in total. The second-order valence-electron chi connectivity index (χ2n) is 9.31. The van der Waals surface area contributed by atoms with Crippen molar-refractivity contribution >= 4 is 11.9 Å². The lowest BCUT2D eigenvalue weighted by Gasteiger charge is -2.33. The summed E-state index contributed by atoms with van der Waals surface area (Å²) in [6.07, 6.45) is 2.62. The number of methoxy groups -OCH3 is 1. The standard InChI is InChI=1S/C27H28F2N4O3/c1-17-8-11-32(12-9-17)27-30-24-10-13-33(26(34)18-4-3-5-19(14-18)35-2)16-21(24)25(31-27)36-20-6-7-22(28)23(29)15-20/h3-7,14-15,17H,8-13,16H2,1-2H3. The summed E-state index contributed by atoms with van der Waals surface area (Å²) in [5, 5.41) is 0. The van der Waals surface area contributed by atoms with Gasteiger partial charge in [0, 0.05) is 37.7 Å². The molecule has 1 aromatic heterocycles. The van der Waals surface area contributed by atoms with Crippen molar-refractivity contribution in [2.24, 2.45) is 5.92 Å². The Morgan fingerprint density at radius 2 is 1.81 bits per heavy atom. The van der Waals surface area contributed by atoms with Crippen LogP contribution >= 0.6 is 0 Å². The number of amides is 1. The Bertz CT molecular complexity index is 1280. The Morgan fingerprint density at radius 1 is 1.00 bits per heavy atom. The predicted octanol–water partition coefficient (Wildman–Crippen LogP) is 4.99. The maximum absolute atomic E-state index is 13.9. The first kappa shape index (κ1) is 24.0. The molecule has 1 fully saturated rings. The van der Waals surface area contributed by atoms with E-state index in [0.717, 1.165) is 43.8 Å². The van der Waals surface area contributed by atoms with Crippen LogP contribution in [0.25, 0.3) is 0 Å². The molecule has 1 amide bonds. The molecular weight excluding hydrogens is 466 g/mol. The van der Waals surface area contributed by atoms with Crippen LogP contribution in [0.1, 0.15) is 41.4 Å². The van der Waals surface area contributed by atoms with Gasteiger partial charge < -0.3 is 19.3 Å². The van der Waals surface area contributed by atoms with Gasteiger partial charge in [0.15, 0.2) is 11.6 Å². The minimum Gasteiger partial charge on any atom is -0.497 e. The highest BCUT2D eigenvalue weighted by Gasteiger charge is 2.29. The lowest BCUT2D eigenvalue weighted by Crippen LogP contribution is -2.38. The van der Waals surface area contributed by atoms with Gasteiger partial charge in [0.1, 0.15) is 11.5 Å². The van der Waals surface area contributed by atoms with Crippen molar-refractivity contribution in [3.63, 3.8) is 0 Å². The van der Waals surface area contributed by atoms with Gasteiger partial charge in [-0.15, -0.1) is 0 Å². The molecule has 0 radical (unpaired) electrons. The van der Waals surface area contributed by atoms with Crippen LogP contribution in [0, 0.1) is 17.6 Å². The highest BCUT2D eigenvalue weighted by molar-refractivity contribution is 5.94. The molecule has 1 saturated heterocycles. The van der Waals surface area contributed by atoms with E-state index in [0.29, 0.717) is 41.7 Å². The Balaban J connectivity index is 1.48. The van der Waals surface area contributed by atoms with Gasteiger partial charge in [0.05, 0.1) is 24.9 Å². The Morgan fingerprint density at radius 3 is 2.56 bits per heavy atom. The van der Waals surface area contributed by atoms with Crippen molar-refractivity contribution in [2.75, 3.05) is 31.6 Å². The summed E-state index contributed by atoms with van der Waals surface area (Å²) in [4.78, 5) is 26.6. The molecule has 2 aliphatic heterocycles. The first-order valence-corrected chi connectivity index (χ1v) is 12.1. The number of rotatable bonds is 5. The van der Waals surface area contributed by atoms with E-state index in [-0.39, 0.29) is 24.1 Å². The number of halogens is 2. The summed E-state index contributed by atoms with van der Waals surface area (Å²) in [5.41, 5.74) is 1.98. The number of fused-ring (bicyclic) bond motifs is 1. The summed E-state index contributed by atoms with van der Waals surface area (Å²) in [7, 11) is 1.56. The number of aromatic nitrogens is 2. The van der Waals surface area contributed by atoms with Crippen LogP contribution in [0.4, 0.5) is 14.7 Å². The summed E-state index contributed by atoms with van der Waals surface area (Å²) in [5.74, 6) is 0.0865. The molecule has 3 heterocycles. The van der Waals surface area contributed by atoms with Crippen LogP contribution < -0.4 is 14.4 Å². The Kier molecular flexibility index (Phi) is 6.71. The van der Waals surface area contributed by atoms with Crippen molar-refractivity contribution in [2.45, 2.75) is 32.7 Å². The fourth-order valence-corrected chi connectivity index (χ4v) is 4.57. The predicted molar refractivity (Wildman–Crippen MR) is 131 cm³/mol. The van der Waals surface area contributed by atoms with Crippen molar-refractivity contribution in [3.05, 3.63) is 70.9 Å². The van der Waals surface area contributed by atoms with Crippen molar-refractivity contribution in [1.82, 2.24) is 14.9 Å². The topological polar surface area (TPSA) is 67.8 Å². The SMILES string of the molecule is COc1cccc(C(=O)N2CCc3nc(N4CCC(C)CC4)nc(Oc4ccc(F)c(F)c4)c3C2)c1. The molecule has 36 heavy (non-hydrogen) atoms. The normalized spacial score (nSPS) is 16.0. The molecule has 0 bridgehead atoms. The molecule has 2 aromatic carbocycles. The van der Waals surface area contributed by atoms with Crippen molar-refractivity contribution in [3.8, 4) is 17.4 Å². The fraction of sp³-hybridized carbons (Fsp3) is 0.370. The van der Waals surface area contributed by atoms with E-state index >= 15 is 0 Å². The molecule has 2 aliphatic rings. The molecule has 188 valence electrons. The largest absolute Gasteiger partial charge is 0.497 e. The number of hydrogen-bond acceptors (Lipinski definition) is 6. The Hall–Kier alpha value is -3.75. The number of anilines is 1. The quantitative estimate of drug-likeness (QED) is 0.498. The number of benzene rings is 2. The molecule has 0 atom stereocenters. The molecule has 0 aliphatic carbocycles. The molecule has 5 rings (SSSR count). The van der Waals surface area contributed by atoms with Crippen LogP contribution in [0.15, 0.2) is 42.5 Å². The van der Waals surface area contributed by atoms with E-state index in [1.165, 1.54) is 6.07 Å². The third-order valence-corrected chi connectivity index (χ3v) is 6.79. The first-order valence-electron chi connectivity index (χ1n) is 12.1. The van der Waals surface area contributed by atoms with Crippen LogP contribution in [-0.2, 0) is 13.0 Å². The minimum absolute atomic E-state index is 0.129. The molecule has 3 aromatic rings. The minimum atomic E-state index is -1.00. The summed E-state index contributed by atoms with van der Waals surface area (Å²) in [6.45, 7) is 4.63. The smallest absolute Gasteiger partial charge is 0.254 e. The van der Waals surface area contributed by atoms with E-state index in [2.05, 4.69) is 11.8 Å². The van der Waals surface area contributed by atoms with Gasteiger partial charge >= 0.3 is 0 Å². The first-order chi connectivity index (χ1) is 17.4. The number of nitrogens with zero attached hydrogens (tertiary/aromatic N) is 4. The zero-order valence-electron chi connectivity index (χ0n) is 20.3. The zero-order chi connectivity index (χ0) is 25.2. The number of piperidine rings is 1. The van der Waals surface area contributed by atoms with Crippen molar-refractivity contribution < 1.29 is 23.0 Å². The molecule has 9 heteroatoms. The summed E-state index contributed by atoms with van der Waals surface area (Å²) >= 11 is 0. The summed E-state index contributed by atoms with van der Waals surface area (Å²) in [6, 6.07) is 10.4. The zero-order valence-corrected chi connectivity index (χ0v) is 20.3. The highest BCUT2D eigenvalue weighted by atomic mass is 19.2. The van der Waals surface area contributed by atoms with Crippen LogP contribution in [-0.4, -0.2) is 47.5 Å². The average Bonchev–Trinajstić information content (AvgIpc) is 2.90. The van der Waals surface area contributed by atoms with Gasteiger partial charge in [-0.3, -0.25) is 4.79 Å². The van der Waals surface area contributed by atoms with Crippen molar-refractivity contribution in [1.29, 1.82) is 0 Å². The lowest BCUT2D eigenvalue weighted by molar-refractivity contribution is 0.0731. The molecular formula is C27H28F2N4O3. The van der Waals surface area contributed by atoms with E-state index in [1.54, 1.807) is 36.3 Å². The second-order valence-corrected chi connectivity index (χ2v) is 9.31. The summed E-state index contributed by atoms with van der Waals surface area (Å²) < 4.78 is 38.6. The number of carbonyl (C=O) groups is 1. The Labute approximate surface area is 208 Å². The molecule has 0 unspecified atom stereocenters. The van der Waals surface area contributed by atoms with Crippen LogP contribution in [0.5, 0.6) is 17.4 Å². The van der Waals surface area contributed by atoms with E-state index in [4.69, 9.17) is 19.4 Å². The number of hydrogen-bond donors (Lipinski definition) is 0. The van der Waals surface area contributed by atoms with Gasteiger partial charge in [-0.05, 0) is 49.1 Å². The lowest BCUT2D eigenvalue weighted by atomic mass is 9.99. The number of carbonyl (C=O) groups excluding carboxylic acids is 1. The molecule has 0 spiro atoms. The van der Waals surface area contributed by atoms with Crippen LogP contribution in [0.2, 0.25) is 0 Å². The molecule has 0 saturated carbocycles. The molecule has 7 nitrogen and oxygen atoms in total. The van der Waals surface area contributed by atoms with Gasteiger partial charge in [-0.2, -0.15) is 4.98 Å². The fourth-order valence-electron chi connectivity index (χ4n) is 4.57. The van der Waals surface area contributed by atoms with Gasteiger partial charge in [0.2, 0.25) is 11.8 Å². The van der Waals surface area contributed by atoms with E-state index < -0.39 is 11.6 Å². The third-order valence-electron chi connectivity index (χ3n) is 6.79.